The molecule has 3 aromatic carbocycles. The molecule has 0 unspecified atom stereocenters. The van der Waals surface area contributed by atoms with E-state index in [1.807, 2.05) is 17.0 Å². The number of anilines is 2. The molecule has 2 aliphatic rings. The van der Waals surface area contributed by atoms with Gasteiger partial charge < -0.3 is 14.4 Å². The smallest absolute Gasteiger partial charge is 0.273 e. The molecule has 6 rings (SSSR count). The van der Waals surface area contributed by atoms with Gasteiger partial charge in [-0.3, -0.25) is 20.2 Å². The molecule has 2 aliphatic heterocycles. The Labute approximate surface area is 230 Å². The number of amides is 1. The molecule has 4 aromatic rings. The molecule has 0 aliphatic carbocycles. The van der Waals surface area contributed by atoms with Crippen LogP contribution in [0.2, 0.25) is 5.02 Å². The number of aromatic nitrogens is 1. The highest BCUT2D eigenvalue weighted by atomic mass is 35.5. The molecule has 1 amide bonds. The molecule has 206 valence electrons. The summed E-state index contributed by atoms with van der Waals surface area (Å²) in [7, 11) is 0. The van der Waals surface area contributed by atoms with Crippen LogP contribution < -0.4 is 20.1 Å². The lowest BCUT2D eigenvalue weighted by Crippen LogP contribution is -2.47. The van der Waals surface area contributed by atoms with Crippen molar-refractivity contribution < 1.29 is 31.8 Å². The minimum Gasteiger partial charge on any atom is -0.489 e. The molecule has 0 radical (unpaired) electrons. The maximum Gasteiger partial charge on any atom is 0.273 e. The summed E-state index contributed by atoms with van der Waals surface area (Å²) in [6.07, 6.45) is 1.22. The van der Waals surface area contributed by atoms with Gasteiger partial charge in [-0.05, 0) is 30.3 Å². The first-order chi connectivity index (χ1) is 19.3. The molecular weight excluding hydrogens is 552 g/mol. The zero-order valence-electron chi connectivity index (χ0n) is 20.8. The minimum atomic E-state index is -1.60. The predicted molar refractivity (Wildman–Crippen MR) is 142 cm³/mol. The van der Waals surface area contributed by atoms with Crippen molar-refractivity contribution in [2.24, 2.45) is 0 Å². The van der Waals surface area contributed by atoms with Crippen molar-refractivity contribution in [3.8, 4) is 16.9 Å². The van der Waals surface area contributed by atoms with Crippen LogP contribution in [0.5, 0.6) is 5.75 Å². The first kappa shape index (κ1) is 26.1. The number of para-hydroxylation sites is 2. The second-order valence-corrected chi connectivity index (χ2v) is 9.60. The number of carbonyl (C=O) groups excluding carboxylic acids is 1. The molecule has 1 saturated heterocycles. The van der Waals surface area contributed by atoms with Crippen LogP contribution in [0.3, 0.4) is 0 Å². The summed E-state index contributed by atoms with van der Waals surface area (Å²) < 4.78 is 70.6. The lowest BCUT2D eigenvalue weighted by molar-refractivity contribution is 0.0943. The van der Waals surface area contributed by atoms with Crippen molar-refractivity contribution in [3.63, 3.8) is 0 Å². The quantitative estimate of drug-likeness (QED) is 0.258. The van der Waals surface area contributed by atoms with Gasteiger partial charge in [-0.1, -0.05) is 23.7 Å². The van der Waals surface area contributed by atoms with Crippen LogP contribution in [0.25, 0.3) is 22.0 Å². The van der Waals surface area contributed by atoms with E-state index in [2.05, 4.69) is 10.4 Å². The monoisotopic (exact) mass is 572 g/mol. The molecule has 1 aromatic heterocycles. The normalized spacial score (nSPS) is 15.1. The number of nitrogens with one attached hydrogen (secondary N) is 1. The Morgan fingerprint density at radius 2 is 1.70 bits per heavy atom. The summed E-state index contributed by atoms with van der Waals surface area (Å²) in [6.45, 7) is 2.23. The van der Waals surface area contributed by atoms with Gasteiger partial charge in [0.2, 0.25) is 0 Å². The van der Waals surface area contributed by atoms with E-state index < -0.39 is 45.3 Å². The van der Waals surface area contributed by atoms with Gasteiger partial charge in [-0.15, -0.1) is 0 Å². The van der Waals surface area contributed by atoms with E-state index in [0.29, 0.717) is 62.6 Å². The first-order valence-corrected chi connectivity index (χ1v) is 12.8. The number of carbonyl (C=O) groups is 1. The maximum absolute atomic E-state index is 15.2. The van der Waals surface area contributed by atoms with E-state index in [1.165, 1.54) is 12.3 Å². The Morgan fingerprint density at radius 1 is 0.925 bits per heavy atom. The summed E-state index contributed by atoms with van der Waals surface area (Å²) in [6, 6.07) is 10.1. The molecule has 0 saturated carbocycles. The third-order valence-electron chi connectivity index (χ3n) is 6.86. The Balaban J connectivity index is 1.52. The van der Waals surface area contributed by atoms with Crippen LogP contribution >= 0.6 is 11.6 Å². The van der Waals surface area contributed by atoms with Crippen molar-refractivity contribution >= 4 is 39.8 Å². The fourth-order valence-corrected chi connectivity index (χ4v) is 5.21. The minimum absolute atomic E-state index is 0.147. The van der Waals surface area contributed by atoms with Crippen LogP contribution in [0.4, 0.5) is 28.9 Å². The number of hydrogen-bond donors (Lipinski definition) is 1. The number of nitrogens with zero attached hydrogens (tertiary/aromatic N) is 3. The van der Waals surface area contributed by atoms with Crippen LogP contribution in [0.15, 0.2) is 48.7 Å². The number of morpholine rings is 1. The highest BCUT2D eigenvalue weighted by Crippen LogP contribution is 2.41. The molecule has 1 N–H and O–H groups in total. The predicted octanol–water partition coefficient (Wildman–Crippen LogP) is 5.49. The molecule has 7 nitrogen and oxygen atoms in total. The molecule has 0 spiro atoms. The maximum atomic E-state index is 15.2. The molecule has 0 bridgehead atoms. The number of fused-ring (bicyclic) bond motifs is 2. The van der Waals surface area contributed by atoms with Gasteiger partial charge >= 0.3 is 0 Å². The zero-order valence-corrected chi connectivity index (χ0v) is 21.6. The largest absolute Gasteiger partial charge is 0.489 e. The number of hydrogen-bond acceptors (Lipinski definition) is 6. The van der Waals surface area contributed by atoms with Crippen LogP contribution in [0.1, 0.15) is 10.4 Å². The Bertz CT molecular complexity index is 1620. The molecule has 1 fully saturated rings. The Morgan fingerprint density at radius 3 is 2.50 bits per heavy atom. The van der Waals surface area contributed by atoms with E-state index in [1.54, 1.807) is 17.1 Å². The van der Waals surface area contributed by atoms with Gasteiger partial charge in [0.1, 0.15) is 18.2 Å². The molecule has 0 atom stereocenters. The zero-order chi connectivity index (χ0) is 28.0. The second kappa shape index (κ2) is 10.5. The number of benzene rings is 3. The standard InChI is InChI=1S/C28H21ClF4N4O3/c29-17-13-19(31)25(33)23(24(17)32)22-18(30)6-5-15-26(22)34-14-16(27(15)36-7-10-39-11-8-36)28(38)35-37-9-12-40-21-4-2-1-3-20(21)37/h1-6,13-14H,7-12H2,(H,35,38). The molecule has 40 heavy (non-hydrogen) atoms. The Kier molecular flexibility index (Phi) is 6.85. The lowest BCUT2D eigenvalue weighted by Gasteiger charge is -2.33. The van der Waals surface area contributed by atoms with Gasteiger partial charge in [0.15, 0.2) is 17.5 Å². The van der Waals surface area contributed by atoms with E-state index >= 15 is 8.78 Å². The van der Waals surface area contributed by atoms with Crippen LogP contribution in [-0.4, -0.2) is 50.3 Å². The fourth-order valence-electron chi connectivity index (χ4n) is 5.02. The van der Waals surface area contributed by atoms with Gasteiger partial charge in [-0.25, -0.2) is 17.6 Å². The first-order valence-electron chi connectivity index (χ1n) is 12.4. The van der Waals surface area contributed by atoms with Gasteiger partial charge in [0.05, 0.1) is 52.8 Å². The number of hydrazine groups is 1. The summed E-state index contributed by atoms with van der Waals surface area (Å²) in [5.41, 5.74) is 2.34. The highest BCUT2D eigenvalue weighted by Gasteiger charge is 2.29. The third kappa shape index (κ3) is 4.44. The fraction of sp³-hybridized carbons (Fsp3) is 0.214. The number of ether oxygens (including phenoxy) is 2. The average Bonchev–Trinajstić information content (AvgIpc) is 2.97. The van der Waals surface area contributed by atoms with Crippen molar-refractivity contribution in [1.29, 1.82) is 0 Å². The summed E-state index contributed by atoms with van der Waals surface area (Å²) in [5, 5.41) is 1.19. The highest BCUT2D eigenvalue weighted by molar-refractivity contribution is 6.31. The van der Waals surface area contributed by atoms with E-state index in [4.69, 9.17) is 21.1 Å². The summed E-state index contributed by atoms with van der Waals surface area (Å²) >= 11 is 5.78. The third-order valence-corrected chi connectivity index (χ3v) is 7.13. The van der Waals surface area contributed by atoms with E-state index in [-0.39, 0.29) is 16.5 Å². The average molecular weight is 573 g/mol. The molecular formula is C28H21ClF4N4O3. The SMILES string of the molecule is O=C(NN1CCOc2ccccc21)c1cnc2c(-c3c(F)c(F)cc(Cl)c3F)c(F)ccc2c1N1CCOCC1. The summed E-state index contributed by atoms with van der Waals surface area (Å²) in [5.74, 6) is -5.30. The van der Waals surface area contributed by atoms with Crippen LogP contribution in [0, 0.1) is 23.3 Å². The molecule has 12 heteroatoms. The lowest BCUT2D eigenvalue weighted by atomic mass is 9.97. The van der Waals surface area contributed by atoms with E-state index in [0.717, 1.165) is 6.07 Å². The van der Waals surface area contributed by atoms with Crippen molar-refractivity contribution in [2.75, 3.05) is 49.4 Å². The topological polar surface area (TPSA) is 66.9 Å². The van der Waals surface area contributed by atoms with E-state index in [9.17, 15) is 13.6 Å². The van der Waals surface area contributed by atoms with Gasteiger partial charge in [-0.2, -0.15) is 0 Å². The summed E-state index contributed by atoms with van der Waals surface area (Å²) in [4.78, 5) is 19.8. The number of halogens is 5. The van der Waals surface area contributed by atoms with Gasteiger partial charge in [0.25, 0.3) is 5.91 Å². The number of pyridine rings is 1. The van der Waals surface area contributed by atoms with Crippen molar-refractivity contribution in [1.82, 2.24) is 10.4 Å². The number of rotatable bonds is 4. The molecule has 3 heterocycles. The van der Waals surface area contributed by atoms with Crippen molar-refractivity contribution in [2.45, 2.75) is 0 Å². The Hall–Kier alpha value is -4.09. The second-order valence-electron chi connectivity index (χ2n) is 9.19. The van der Waals surface area contributed by atoms with Crippen molar-refractivity contribution in [3.05, 3.63) is 82.5 Å². The van der Waals surface area contributed by atoms with Crippen LogP contribution in [-0.2, 0) is 4.74 Å². The van der Waals surface area contributed by atoms with Gasteiger partial charge in [0, 0.05) is 30.2 Å².